The van der Waals surface area contributed by atoms with Gasteiger partial charge in [-0.05, 0) is 19.4 Å². The quantitative estimate of drug-likeness (QED) is 0.460. The molecule has 1 saturated heterocycles. The number of aliphatic hydroxyl groups excluding tert-OH is 1. The highest BCUT2D eigenvalue weighted by atomic mass is 31.0. The van der Waals surface area contributed by atoms with Crippen molar-refractivity contribution in [3.8, 4) is 0 Å². The van der Waals surface area contributed by atoms with Crippen LogP contribution in [0.25, 0.3) is 0 Å². The molecule has 0 aromatic heterocycles. The summed E-state index contributed by atoms with van der Waals surface area (Å²) in [6.07, 6.45) is 2.07. The summed E-state index contributed by atoms with van der Waals surface area (Å²) in [4.78, 5) is 4.69. The average molecular weight is 439 g/mol. The van der Waals surface area contributed by atoms with Crippen molar-refractivity contribution in [3.63, 3.8) is 0 Å². The maximum atomic E-state index is 8.82. The van der Waals surface area contributed by atoms with Gasteiger partial charge in [-0.15, -0.1) is 9.24 Å². The molecular weight excluding hydrogens is 395 g/mol. The van der Waals surface area contributed by atoms with Crippen molar-refractivity contribution in [2.75, 3.05) is 105 Å². The van der Waals surface area contributed by atoms with E-state index in [1.54, 1.807) is 0 Å². The van der Waals surface area contributed by atoms with Crippen molar-refractivity contribution in [3.05, 3.63) is 0 Å². The van der Waals surface area contributed by atoms with Gasteiger partial charge in [0.15, 0.2) is 0 Å². The van der Waals surface area contributed by atoms with E-state index in [9.17, 15) is 0 Å². The second kappa shape index (κ2) is 20.0. The van der Waals surface area contributed by atoms with Gasteiger partial charge in [0.1, 0.15) is 0 Å². The Labute approximate surface area is 179 Å². The normalized spacial score (nSPS) is 23.9. The maximum absolute atomic E-state index is 8.82. The van der Waals surface area contributed by atoms with Gasteiger partial charge < -0.3 is 28.8 Å². The van der Waals surface area contributed by atoms with E-state index in [-0.39, 0.29) is 12.5 Å². The van der Waals surface area contributed by atoms with E-state index in [0.717, 1.165) is 52.1 Å². The van der Waals surface area contributed by atoms with Gasteiger partial charge >= 0.3 is 0 Å². The topological polar surface area (TPSA) is 72.9 Å². The zero-order valence-corrected chi connectivity index (χ0v) is 19.4. The Hall–Kier alpha value is 0.110. The van der Waals surface area contributed by atoms with Gasteiger partial charge in [0.05, 0.1) is 65.3 Å². The van der Waals surface area contributed by atoms with Crippen molar-refractivity contribution in [2.45, 2.75) is 25.6 Å². The number of aliphatic hydroxyl groups is 1. The van der Waals surface area contributed by atoms with Crippen LogP contribution in [0.15, 0.2) is 0 Å². The molecular formula is C20H43N2O6P. The van der Waals surface area contributed by atoms with Crippen molar-refractivity contribution in [2.24, 2.45) is 0 Å². The molecule has 9 heteroatoms. The molecule has 29 heavy (non-hydrogen) atoms. The molecule has 0 amide bonds. The van der Waals surface area contributed by atoms with Crippen LogP contribution in [0, 0.1) is 0 Å². The van der Waals surface area contributed by atoms with Gasteiger partial charge in [0.2, 0.25) is 0 Å². The second-order valence-electron chi connectivity index (χ2n) is 7.08. The fraction of sp³-hybridized carbons (Fsp3) is 1.00. The van der Waals surface area contributed by atoms with Crippen molar-refractivity contribution in [1.29, 1.82) is 0 Å². The molecule has 0 aromatic rings. The van der Waals surface area contributed by atoms with Crippen molar-refractivity contribution in [1.82, 2.24) is 9.80 Å². The smallest absolute Gasteiger partial charge is 0.0940 e. The van der Waals surface area contributed by atoms with E-state index in [0.29, 0.717) is 59.5 Å². The summed E-state index contributed by atoms with van der Waals surface area (Å²) >= 11 is 0. The lowest BCUT2D eigenvalue weighted by molar-refractivity contribution is 0.0149. The van der Waals surface area contributed by atoms with E-state index in [4.69, 9.17) is 28.8 Å². The molecule has 0 bridgehead atoms. The van der Waals surface area contributed by atoms with Crippen molar-refractivity contribution < 1.29 is 28.8 Å². The van der Waals surface area contributed by atoms with Crippen LogP contribution in [0.1, 0.15) is 19.8 Å². The first-order valence-electron chi connectivity index (χ1n) is 11.0. The van der Waals surface area contributed by atoms with Crippen LogP contribution in [0.5, 0.6) is 0 Å². The monoisotopic (exact) mass is 438 g/mol. The molecule has 1 heterocycles. The summed E-state index contributed by atoms with van der Waals surface area (Å²) in [5, 5.41) is 8.82. The van der Waals surface area contributed by atoms with E-state index in [1.807, 2.05) is 0 Å². The van der Waals surface area contributed by atoms with Crippen LogP contribution in [-0.2, 0) is 23.7 Å². The fourth-order valence-electron chi connectivity index (χ4n) is 3.02. The number of ether oxygens (including phenoxy) is 5. The molecule has 0 spiro atoms. The van der Waals surface area contributed by atoms with Gasteiger partial charge in [-0.1, -0.05) is 6.92 Å². The van der Waals surface area contributed by atoms with E-state index in [2.05, 4.69) is 26.0 Å². The van der Waals surface area contributed by atoms with Crippen LogP contribution in [0.2, 0.25) is 0 Å². The average Bonchev–Trinajstić information content (AvgIpc) is 2.72. The molecule has 2 atom stereocenters. The highest BCUT2D eigenvalue weighted by molar-refractivity contribution is 7.17. The molecule has 2 unspecified atom stereocenters. The third-order valence-corrected chi connectivity index (χ3v) is 4.97. The summed E-state index contributed by atoms with van der Waals surface area (Å²) in [6, 6.07) is 0. The molecule has 1 rings (SSSR count). The van der Waals surface area contributed by atoms with Crippen LogP contribution in [-0.4, -0.2) is 126 Å². The number of rotatable bonds is 7. The number of hydrogen-bond acceptors (Lipinski definition) is 8. The molecule has 0 aliphatic carbocycles. The Bertz CT molecular complexity index is 357. The summed E-state index contributed by atoms with van der Waals surface area (Å²) in [5.41, 5.74) is 0. The van der Waals surface area contributed by atoms with Crippen molar-refractivity contribution >= 4 is 9.24 Å². The van der Waals surface area contributed by atoms with Crippen LogP contribution in [0.4, 0.5) is 0 Å². The van der Waals surface area contributed by atoms with E-state index in [1.165, 1.54) is 0 Å². The molecule has 0 saturated carbocycles. The fourth-order valence-corrected chi connectivity index (χ4v) is 3.29. The minimum absolute atomic E-state index is 0.0183. The lowest BCUT2D eigenvalue weighted by Gasteiger charge is -2.22. The zero-order chi connectivity index (χ0) is 21.0. The van der Waals surface area contributed by atoms with Gasteiger partial charge in [-0.25, -0.2) is 0 Å². The molecule has 1 N–H and O–H groups in total. The highest BCUT2D eigenvalue weighted by Gasteiger charge is 2.09. The summed E-state index contributed by atoms with van der Waals surface area (Å²) in [6.45, 7) is 13.3. The highest BCUT2D eigenvalue weighted by Crippen LogP contribution is 2.05. The Balaban J connectivity index is 2.39. The molecule has 174 valence electrons. The molecule has 0 radical (unpaired) electrons. The first kappa shape index (κ1) is 27.1. The molecule has 8 nitrogen and oxygen atoms in total. The Morgan fingerprint density at radius 1 is 0.862 bits per heavy atom. The zero-order valence-electron chi connectivity index (χ0n) is 18.3. The molecule has 1 aliphatic heterocycles. The van der Waals surface area contributed by atoms with Crippen LogP contribution in [0.3, 0.4) is 0 Å². The van der Waals surface area contributed by atoms with Gasteiger partial charge in [0.25, 0.3) is 0 Å². The molecule has 1 aliphatic rings. The predicted octanol–water partition coefficient (Wildman–Crippen LogP) is 0.681. The van der Waals surface area contributed by atoms with Gasteiger partial charge in [0, 0.05) is 39.3 Å². The summed E-state index contributed by atoms with van der Waals surface area (Å²) in [7, 11) is 2.72. The van der Waals surface area contributed by atoms with Crippen LogP contribution >= 0.6 is 9.24 Å². The maximum Gasteiger partial charge on any atom is 0.0940 e. The van der Waals surface area contributed by atoms with Gasteiger partial charge in [-0.2, -0.15) is 0 Å². The predicted molar refractivity (Wildman–Crippen MR) is 118 cm³/mol. The van der Waals surface area contributed by atoms with E-state index < -0.39 is 0 Å². The third-order valence-electron chi connectivity index (χ3n) is 4.59. The number of hydrogen-bond donors (Lipinski definition) is 1. The minimum atomic E-state index is 0.0183. The standard InChI is InChI=1S/C20H43N2O6P/c1-2-4-21-6-13-25-17-18-26-14-8-22(7-12-24-16-10-23)5-3-11-28-20(29)19-27-15-9-21/h20,23H,2-19,29H2,1H3. The lowest BCUT2D eigenvalue weighted by Crippen LogP contribution is -2.33. The Morgan fingerprint density at radius 2 is 1.52 bits per heavy atom. The van der Waals surface area contributed by atoms with Gasteiger partial charge in [-0.3, -0.25) is 9.80 Å². The largest absolute Gasteiger partial charge is 0.394 e. The summed E-state index contributed by atoms with van der Waals surface area (Å²) < 4.78 is 28.5. The lowest BCUT2D eigenvalue weighted by atomic mass is 10.4. The first-order chi connectivity index (χ1) is 14.3. The minimum Gasteiger partial charge on any atom is -0.394 e. The second-order valence-corrected chi connectivity index (χ2v) is 7.83. The van der Waals surface area contributed by atoms with Crippen LogP contribution < -0.4 is 0 Å². The molecule has 1 fully saturated rings. The Morgan fingerprint density at radius 3 is 2.17 bits per heavy atom. The van der Waals surface area contributed by atoms with E-state index >= 15 is 0 Å². The SMILES string of the molecule is CCCN1CCOCCOCCN(CCOCCO)CCCOC(P)COCC1. The Kier molecular flexibility index (Phi) is 18.8. The molecule has 0 aromatic carbocycles. The third kappa shape index (κ3) is 16.5. The number of nitrogens with zero attached hydrogens (tertiary/aromatic N) is 2. The summed E-state index contributed by atoms with van der Waals surface area (Å²) in [5.74, 6) is 0.0183. The first-order valence-corrected chi connectivity index (χ1v) is 11.7.